The summed E-state index contributed by atoms with van der Waals surface area (Å²) in [6, 6.07) is 11.0. The molecule has 3 rings (SSSR count). The minimum absolute atomic E-state index is 0.0233. The first kappa shape index (κ1) is 23.0. The van der Waals surface area contributed by atoms with E-state index in [2.05, 4.69) is 4.99 Å². The van der Waals surface area contributed by atoms with Crippen LogP contribution in [0.1, 0.15) is 22.8 Å². The smallest absolute Gasteiger partial charge is 0.338 e. The predicted octanol–water partition coefficient (Wildman–Crippen LogP) is 3.57. The first-order chi connectivity index (χ1) is 15.4. The Morgan fingerprint density at radius 3 is 2.62 bits per heavy atom. The van der Waals surface area contributed by atoms with Gasteiger partial charge in [-0.3, -0.25) is 14.9 Å². The van der Waals surface area contributed by atoms with Gasteiger partial charge in [-0.15, -0.1) is 0 Å². The van der Waals surface area contributed by atoms with Crippen LogP contribution in [0.25, 0.3) is 16.3 Å². The Morgan fingerprint density at radius 2 is 1.97 bits per heavy atom. The number of esters is 1. The number of thiazole rings is 1. The molecule has 9 nitrogen and oxygen atoms in total. The van der Waals surface area contributed by atoms with Gasteiger partial charge in [0.2, 0.25) is 0 Å². The third kappa shape index (κ3) is 5.54. The first-order valence-electron chi connectivity index (χ1n) is 9.73. The zero-order valence-electron chi connectivity index (χ0n) is 17.5. The van der Waals surface area contributed by atoms with Crippen molar-refractivity contribution in [3.8, 4) is 0 Å². The molecule has 0 aliphatic rings. The van der Waals surface area contributed by atoms with Gasteiger partial charge in [0.1, 0.15) is 0 Å². The summed E-state index contributed by atoms with van der Waals surface area (Å²) < 4.78 is 12.9. The zero-order valence-corrected chi connectivity index (χ0v) is 18.3. The maximum Gasteiger partial charge on any atom is 0.338 e. The average Bonchev–Trinajstić information content (AvgIpc) is 3.12. The van der Waals surface area contributed by atoms with E-state index in [4.69, 9.17) is 9.47 Å². The zero-order chi connectivity index (χ0) is 23.1. The summed E-state index contributed by atoms with van der Waals surface area (Å²) in [5.41, 5.74) is 1.87. The fourth-order valence-electron chi connectivity index (χ4n) is 2.90. The monoisotopic (exact) mass is 455 g/mol. The summed E-state index contributed by atoms with van der Waals surface area (Å²) >= 11 is 1.28. The number of nitro benzene ring substituents is 1. The number of carbonyl (C=O) groups is 2. The topological polar surface area (TPSA) is 113 Å². The first-order valence-corrected chi connectivity index (χ1v) is 10.5. The molecule has 32 heavy (non-hydrogen) atoms. The van der Waals surface area contributed by atoms with E-state index >= 15 is 0 Å². The van der Waals surface area contributed by atoms with E-state index in [0.29, 0.717) is 29.1 Å². The fourth-order valence-corrected chi connectivity index (χ4v) is 4.01. The summed E-state index contributed by atoms with van der Waals surface area (Å²) in [5, 5.41) is 10.7. The molecule has 0 N–H and O–H groups in total. The van der Waals surface area contributed by atoms with E-state index < -0.39 is 16.8 Å². The number of nitrogens with zero attached hydrogens (tertiary/aromatic N) is 3. The lowest BCUT2D eigenvalue weighted by molar-refractivity contribution is -0.384. The number of fused-ring (bicyclic) bond motifs is 1. The van der Waals surface area contributed by atoms with Gasteiger partial charge in [-0.25, -0.2) is 4.79 Å². The molecule has 1 amide bonds. The lowest BCUT2D eigenvalue weighted by Gasteiger charge is -2.05. The van der Waals surface area contributed by atoms with E-state index in [1.54, 1.807) is 50.4 Å². The molecular weight excluding hydrogens is 434 g/mol. The van der Waals surface area contributed by atoms with E-state index in [9.17, 15) is 19.7 Å². The van der Waals surface area contributed by atoms with Crippen molar-refractivity contribution in [1.29, 1.82) is 0 Å². The molecule has 0 aliphatic carbocycles. The number of carbonyl (C=O) groups excluding carboxylic acids is 2. The van der Waals surface area contributed by atoms with Crippen LogP contribution in [0.4, 0.5) is 5.69 Å². The van der Waals surface area contributed by atoms with Gasteiger partial charge in [-0.2, -0.15) is 4.99 Å². The van der Waals surface area contributed by atoms with Crippen molar-refractivity contribution in [1.82, 2.24) is 4.57 Å². The van der Waals surface area contributed by atoms with Crippen molar-refractivity contribution in [3.05, 3.63) is 74.6 Å². The largest absolute Gasteiger partial charge is 0.462 e. The highest BCUT2D eigenvalue weighted by molar-refractivity contribution is 7.16. The molecule has 0 unspecified atom stereocenters. The Hall–Kier alpha value is -3.63. The van der Waals surface area contributed by atoms with Crippen molar-refractivity contribution in [2.45, 2.75) is 13.5 Å². The molecule has 1 aromatic heterocycles. The van der Waals surface area contributed by atoms with Gasteiger partial charge in [-0.1, -0.05) is 11.3 Å². The Kier molecular flexibility index (Phi) is 7.63. The van der Waals surface area contributed by atoms with Crippen LogP contribution in [0.15, 0.2) is 53.5 Å². The number of methoxy groups -OCH3 is 1. The highest BCUT2D eigenvalue weighted by Gasteiger charge is 2.12. The molecule has 0 bridgehead atoms. The average molecular weight is 455 g/mol. The molecule has 2 aromatic carbocycles. The Labute approximate surface area is 187 Å². The SMILES string of the molecule is CCOC(=O)c1ccc2c(c1)sc(=NC(=O)/C=C\c1ccc([N+](=O)[O-])cc1)n2CCOC. The number of hydrogen-bond donors (Lipinski definition) is 0. The number of ether oxygens (including phenoxy) is 2. The lowest BCUT2D eigenvalue weighted by Crippen LogP contribution is -2.19. The molecule has 166 valence electrons. The van der Waals surface area contributed by atoms with Gasteiger partial charge in [0.15, 0.2) is 4.80 Å². The molecule has 0 fully saturated rings. The lowest BCUT2D eigenvalue weighted by atomic mass is 10.2. The minimum Gasteiger partial charge on any atom is -0.462 e. The highest BCUT2D eigenvalue weighted by atomic mass is 32.1. The second kappa shape index (κ2) is 10.6. The molecule has 0 radical (unpaired) electrons. The second-order valence-corrected chi connectivity index (χ2v) is 7.57. The van der Waals surface area contributed by atoms with Crippen LogP contribution in [0.3, 0.4) is 0 Å². The fraction of sp³-hybridized carbons (Fsp3) is 0.227. The quantitative estimate of drug-likeness (QED) is 0.222. The van der Waals surface area contributed by atoms with Crippen molar-refractivity contribution in [2.24, 2.45) is 4.99 Å². The summed E-state index contributed by atoms with van der Waals surface area (Å²) in [6.45, 7) is 2.93. The van der Waals surface area contributed by atoms with Crippen LogP contribution in [-0.4, -0.2) is 41.7 Å². The summed E-state index contributed by atoms with van der Waals surface area (Å²) in [4.78, 5) is 39.4. The summed E-state index contributed by atoms with van der Waals surface area (Å²) in [6.07, 6.45) is 2.84. The number of nitro groups is 1. The number of amides is 1. The third-order valence-electron chi connectivity index (χ3n) is 4.44. The molecule has 0 saturated heterocycles. The highest BCUT2D eigenvalue weighted by Crippen LogP contribution is 2.20. The summed E-state index contributed by atoms with van der Waals surface area (Å²) in [7, 11) is 1.59. The molecule has 0 atom stereocenters. The van der Waals surface area contributed by atoms with Crippen molar-refractivity contribution in [2.75, 3.05) is 20.3 Å². The number of non-ortho nitro benzene ring substituents is 1. The van der Waals surface area contributed by atoms with Crippen LogP contribution in [0.2, 0.25) is 0 Å². The molecule has 1 heterocycles. The minimum atomic E-state index is -0.485. The van der Waals surface area contributed by atoms with Gasteiger partial charge in [0.25, 0.3) is 11.6 Å². The second-order valence-electron chi connectivity index (χ2n) is 6.56. The van der Waals surface area contributed by atoms with Crippen molar-refractivity contribution < 1.29 is 24.0 Å². The van der Waals surface area contributed by atoms with E-state index in [1.807, 2.05) is 4.57 Å². The molecule has 0 saturated carbocycles. The van der Waals surface area contributed by atoms with E-state index in [1.165, 1.54) is 29.5 Å². The van der Waals surface area contributed by atoms with Crippen molar-refractivity contribution >= 4 is 45.2 Å². The predicted molar refractivity (Wildman–Crippen MR) is 120 cm³/mol. The van der Waals surface area contributed by atoms with Gasteiger partial charge < -0.3 is 14.0 Å². The Bertz CT molecular complexity index is 1240. The molecule has 0 aliphatic heterocycles. The summed E-state index contributed by atoms with van der Waals surface area (Å²) in [5.74, 6) is -0.890. The van der Waals surface area contributed by atoms with Gasteiger partial charge >= 0.3 is 5.97 Å². The number of rotatable bonds is 8. The third-order valence-corrected chi connectivity index (χ3v) is 5.48. The van der Waals surface area contributed by atoms with Gasteiger partial charge in [0.05, 0.1) is 33.9 Å². The molecule has 0 spiro atoms. The van der Waals surface area contributed by atoms with Crippen LogP contribution in [0.5, 0.6) is 0 Å². The van der Waals surface area contributed by atoms with Gasteiger partial charge in [0, 0.05) is 31.9 Å². The Balaban J connectivity index is 1.92. The molecule has 3 aromatic rings. The Morgan fingerprint density at radius 1 is 1.22 bits per heavy atom. The van der Waals surface area contributed by atoms with E-state index in [0.717, 1.165) is 10.2 Å². The van der Waals surface area contributed by atoms with Crippen LogP contribution < -0.4 is 4.80 Å². The van der Waals surface area contributed by atoms with Crippen LogP contribution in [0, 0.1) is 10.1 Å². The van der Waals surface area contributed by atoms with Crippen LogP contribution in [-0.2, 0) is 20.8 Å². The van der Waals surface area contributed by atoms with Crippen LogP contribution >= 0.6 is 11.3 Å². The number of hydrogen-bond acceptors (Lipinski definition) is 7. The maximum atomic E-state index is 12.5. The van der Waals surface area contributed by atoms with Crippen molar-refractivity contribution in [3.63, 3.8) is 0 Å². The number of benzene rings is 2. The molecule has 10 heteroatoms. The normalized spacial score (nSPS) is 11.9. The molecular formula is C22H21N3O6S. The maximum absolute atomic E-state index is 12.5. The van der Waals surface area contributed by atoms with Gasteiger partial charge in [-0.05, 0) is 48.9 Å². The standard InChI is InChI=1S/C22H21N3O6S/c1-3-31-21(27)16-7-10-18-19(14-16)32-22(24(18)12-13-30-2)23-20(26)11-6-15-4-8-17(9-5-15)25(28)29/h4-11,14H,3,12-13H2,1-2H3/b11-6-,23-22?. The van der Waals surface area contributed by atoms with E-state index in [-0.39, 0.29) is 12.3 Å². The number of aromatic nitrogens is 1.